The van der Waals surface area contributed by atoms with E-state index >= 15 is 0 Å². The molecule has 1 aromatic carbocycles. The maximum absolute atomic E-state index is 13.7. The highest BCUT2D eigenvalue weighted by atomic mass is 32.1. The van der Waals surface area contributed by atoms with Crippen LogP contribution in [-0.4, -0.2) is 15.8 Å². The number of hydrogen-bond acceptors (Lipinski definition) is 3. The average molecular weight is 290 g/mol. The van der Waals surface area contributed by atoms with Crippen LogP contribution in [0, 0.1) is 11.6 Å². The molecule has 0 saturated heterocycles. The van der Waals surface area contributed by atoms with Crippen LogP contribution in [0.2, 0.25) is 0 Å². The summed E-state index contributed by atoms with van der Waals surface area (Å²) in [5.41, 5.74) is 0.894. The van der Waals surface area contributed by atoms with Crippen molar-refractivity contribution in [3.63, 3.8) is 0 Å². The third-order valence-electron chi connectivity index (χ3n) is 2.80. The Morgan fingerprint density at radius 2 is 2.10 bits per heavy atom. The molecule has 2 aromatic heterocycles. The SMILES string of the molecule is O=Cc1cccn1-c1nc(-c2cc(F)ccc2F)cs1. The molecule has 0 aliphatic rings. The molecule has 0 bridgehead atoms. The molecule has 3 rings (SSSR count). The summed E-state index contributed by atoms with van der Waals surface area (Å²) in [6.45, 7) is 0. The average Bonchev–Trinajstić information content (AvgIpc) is 3.08. The third-order valence-corrected chi connectivity index (χ3v) is 3.64. The zero-order valence-electron chi connectivity index (χ0n) is 10.1. The predicted molar refractivity (Wildman–Crippen MR) is 72.2 cm³/mol. The second-order valence-corrected chi connectivity index (χ2v) is 4.90. The van der Waals surface area contributed by atoms with Crippen molar-refractivity contribution in [1.29, 1.82) is 0 Å². The van der Waals surface area contributed by atoms with Crippen molar-refractivity contribution in [3.05, 3.63) is 59.2 Å². The van der Waals surface area contributed by atoms with Gasteiger partial charge in [0.2, 0.25) is 0 Å². The lowest BCUT2D eigenvalue weighted by molar-refractivity contribution is 0.111. The summed E-state index contributed by atoms with van der Waals surface area (Å²) < 4.78 is 28.5. The molecular formula is C14H8F2N2OS. The second kappa shape index (κ2) is 4.97. The smallest absolute Gasteiger partial charge is 0.194 e. The van der Waals surface area contributed by atoms with E-state index in [4.69, 9.17) is 0 Å². The van der Waals surface area contributed by atoms with Crippen molar-refractivity contribution < 1.29 is 13.6 Å². The van der Waals surface area contributed by atoms with E-state index in [-0.39, 0.29) is 5.56 Å². The Balaban J connectivity index is 2.06. The van der Waals surface area contributed by atoms with Crippen molar-refractivity contribution in [3.8, 4) is 16.4 Å². The zero-order valence-corrected chi connectivity index (χ0v) is 10.9. The molecule has 0 unspecified atom stereocenters. The van der Waals surface area contributed by atoms with Gasteiger partial charge in [-0.25, -0.2) is 13.8 Å². The monoisotopic (exact) mass is 290 g/mol. The topological polar surface area (TPSA) is 34.9 Å². The fourth-order valence-electron chi connectivity index (χ4n) is 1.86. The first-order chi connectivity index (χ1) is 9.69. The van der Waals surface area contributed by atoms with Gasteiger partial charge < -0.3 is 0 Å². The first-order valence-corrected chi connectivity index (χ1v) is 6.61. The number of thiazole rings is 1. The first kappa shape index (κ1) is 12.7. The molecule has 0 amide bonds. The Morgan fingerprint density at radius 3 is 2.90 bits per heavy atom. The van der Waals surface area contributed by atoms with Crippen LogP contribution in [0.4, 0.5) is 8.78 Å². The van der Waals surface area contributed by atoms with Crippen LogP contribution in [0.15, 0.2) is 41.9 Å². The summed E-state index contributed by atoms with van der Waals surface area (Å²) in [6.07, 6.45) is 2.40. The van der Waals surface area contributed by atoms with Gasteiger partial charge in [0.25, 0.3) is 0 Å². The summed E-state index contributed by atoms with van der Waals surface area (Å²) in [7, 11) is 0. The molecule has 0 radical (unpaired) electrons. The zero-order chi connectivity index (χ0) is 14.1. The van der Waals surface area contributed by atoms with Crippen molar-refractivity contribution in [2.24, 2.45) is 0 Å². The summed E-state index contributed by atoms with van der Waals surface area (Å²) in [5.74, 6) is -1.06. The number of carbonyl (C=O) groups excluding carboxylic acids is 1. The maximum Gasteiger partial charge on any atom is 0.194 e. The Hall–Kier alpha value is -2.34. The molecule has 3 nitrogen and oxygen atoms in total. The van der Waals surface area contributed by atoms with Gasteiger partial charge in [0.1, 0.15) is 11.6 Å². The predicted octanol–water partition coefficient (Wildman–Crippen LogP) is 3.69. The minimum Gasteiger partial charge on any atom is -0.296 e. The summed E-state index contributed by atoms with van der Waals surface area (Å²) >= 11 is 1.25. The first-order valence-electron chi connectivity index (χ1n) is 5.73. The molecule has 0 spiro atoms. The Labute approximate surface area is 117 Å². The molecule has 100 valence electrons. The summed E-state index contributed by atoms with van der Waals surface area (Å²) in [6, 6.07) is 6.59. The number of nitrogens with zero attached hydrogens (tertiary/aromatic N) is 2. The van der Waals surface area contributed by atoms with E-state index < -0.39 is 11.6 Å². The minimum absolute atomic E-state index is 0.104. The van der Waals surface area contributed by atoms with Gasteiger partial charge in [-0.05, 0) is 30.3 Å². The van der Waals surface area contributed by atoms with Crippen LogP contribution in [0.5, 0.6) is 0 Å². The van der Waals surface area contributed by atoms with E-state index in [0.717, 1.165) is 18.2 Å². The Bertz CT molecular complexity index is 779. The third kappa shape index (κ3) is 2.14. The van der Waals surface area contributed by atoms with Gasteiger partial charge in [0.05, 0.1) is 11.4 Å². The van der Waals surface area contributed by atoms with Gasteiger partial charge in [-0.1, -0.05) is 0 Å². The van der Waals surface area contributed by atoms with Crippen LogP contribution in [0.3, 0.4) is 0 Å². The van der Waals surface area contributed by atoms with Gasteiger partial charge in [-0.15, -0.1) is 11.3 Å². The van der Waals surface area contributed by atoms with Crippen molar-refractivity contribution in [2.75, 3.05) is 0 Å². The highest BCUT2D eigenvalue weighted by Crippen LogP contribution is 2.27. The lowest BCUT2D eigenvalue weighted by Crippen LogP contribution is -1.96. The number of rotatable bonds is 3. The van der Waals surface area contributed by atoms with Gasteiger partial charge in [-0.3, -0.25) is 9.36 Å². The summed E-state index contributed by atoms with van der Waals surface area (Å²) in [5, 5.41) is 2.15. The Kier molecular flexibility index (Phi) is 3.15. The molecule has 0 N–H and O–H groups in total. The lowest BCUT2D eigenvalue weighted by atomic mass is 10.1. The summed E-state index contributed by atoms with van der Waals surface area (Å²) in [4.78, 5) is 15.1. The molecular weight excluding hydrogens is 282 g/mol. The molecule has 20 heavy (non-hydrogen) atoms. The van der Waals surface area contributed by atoms with Crippen molar-refractivity contribution in [1.82, 2.24) is 9.55 Å². The van der Waals surface area contributed by atoms with E-state index in [1.54, 1.807) is 28.3 Å². The number of aldehydes is 1. The lowest BCUT2D eigenvalue weighted by Gasteiger charge is -2.00. The molecule has 0 saturated carbocycles. The highest BCUT2D eigenvalue weighted by molar-refractivity contribution is 7.12. The number of benzene rings is 1. The standard InChI is InChI=1S/C14H8F2N2OS/c15-9-3-4-12(16)11(6-9)13-8-20-14(17-13)18-5-1-2-10(18)7-19/h1-8H. The van der Waals surface area contributed by atoms with E-state index in [0.29, 0.717) is 22.8 Å². The van der Waals surface area contributed by atoms with E-state index in [2.05, 4.69) is 4.98 Å². The van der Waals surface area contributed by atoms with Crippen LogP contribution in [-0.2, 0) is 0 Å². The largest absolute Gasteiger partial charge is 0.296 e. The van der Waals surface area contributed by atoms with Crippen molar-refractivity contribution >= 4 is 17.6 Å². The van der Waals surface area contributed by atoms with E-state index in [9.17, 15) is 13.6 Å². The normalized spacial score (nSPS) is 10.7. The van der Waals surface area contributed by atoms with Gasteiger partial charge in [-0.2, -0.15) is 0 Å². The quantitative estimate of drug-likeness (QED) is 0.689. The van der Waals surface area contributed by atoms with Crippen LogP contribution in [0.1, 0.15) is 10.5 Å². The number of hydrogen-bond donors (Lipinski definition) is 0. The van der Waals surface area contributed by atoms with Crippen LogP contribution >= 0.6 is 11.3 Å². The fourth-order valence-corrected chi connectivity index (χ4v) is 2.68. The number of carbonyl (C=O) groups is 1. The molecule has 2 heterocycles. The molecule has 0 aliphatic carbocycles. The molecule has 0 fully saturated rings. The van der Waals surface area contributed by atoms with Crippen LogP contribution < -0.4 is 0 Å². The van der Waals surface area contributed by atoms with Crippen molar-refractivity contribution in [2.45, 2.75) is 0 Å². The molecule has 3 aromatic rings. The van der Waals surface area contributed by atoms with Gasteiger partial charge in [0.15, 0.2) is 11.4 Å². The van der Waals surface area contributed by atoms with Gasteiger partial charge in [0, 0.05) is 17.1 Å². The van der Waals surface area contributed by atoms with E-state index in [1.165, 1.54) is 11.3 Å². The molecule has 0 aliphatic heterocycles. The fraction of sp³-hybridized carbons (Fsp3) is 0. The Morgan fingerprint density at radius 1 is 1.25 bits per heavy atom. The minimum atomic E-state index is -0.536. The van der Waals surface area contributed by atoms with E-state index in [1.807, 2.05) is 0 Å². The molecule has 0 atom stereocenters. The number of halogens is 2. The highest BCUT2D eigenvalue weighted by Gasteiger charge is 2.12. The molecule has 6 heteroatoms. The number of aromatic nitrogens is 2. The second-order valence-electron chi connectivity index (χ2n) is 4.06. The van der Waals surface area contributed by atoms with Crippen LogP contribution in [0.25, 0.3) is 16.4 Å². The maximum atomic E-state index is 13.7. The van der Waals surface area contributed by atoms with Gasteiger partial charge >= 0.3 is 0 Å².